The molecule has 0 spiro atoms. The Morgan fingerprint density at radius 1 is 1.22 bits per heavy atom. The number of hydrogen-bond donors (Lipinski definition) is 0. The summed E-state index contributed by atoms with van der Waals surface area (Å²) in [4.78, 5) is 11.1. The van der Waals surface area contributed by atoms with Gasteiger partial charge in [0.2, 0.25) is 0 Å². The van der Waals surface area contributed by atoms with Crippen LogP contribution in [0, 0.1) is 3.57 Å². The predicted molar refractivity (Wildman–Crippen MR) is 79.9 cm³/mol. The summed E-state index contributed by atoms with van der Waals surface area (Å²) in [5, 5.41) is 0. The van der Waals surface area contributed by atoms with E-state index >= 15 is 0 Å². The maximum atomic E-state index is 11.1. The zero-order valence-corrected chi connectivity index (χ0v) is 12.4. The van der Waals surface area contributed by atoms with Crippen molar-refractivity contribution in [3.8, 4) is 0 Å². The number of rotatable bonds is 6. The van der Waals surface area contributed by atoms with Crippen molar-refractivity contribution < 1.29 is 14.3 Å². The fraction of sp³-hybridized carbons (Fsp3) is 0.214. The van der Waals surface area contributed by atoms with Crippen LogP contribution in [0.25, 0.3) is 5.76 Å². The Morgan fingerprint density at radius 2 is 1.83 bits per heavy atom. The van der Waals surface area contributed by atoms with Crippen LogP contribution in [0.5, 0.6) is 0 Å². The molecule has 0 radical (unpaired) electrons. The summed E-state index contributed by atoms with van der Waals surface area (Å²) >= 11 is 2.22. The van der Waals surface area contributed by atoms with E-state index in [0.717, 1.165) is 9.13 Å². The van der Waals surface area contributed by atoms with Gasteiger partial charge in [-0.15, -0.1) is 0 Å². The zero-order valence-electron chi connectivity index (χ0n) is 10.2. The van der Waals surface area contributed by atoms with Gasteiger partial charge >= 0.3 is 5.97 Å². The number of halogens is 1. The summed E-state index contributed by atoms with van der Waals surface area (Å²) in [6.45, 7) is 9.42. The molecule has 18 heavy (non-hydrogen) atoms. The van der Waals surface area contributed by atoms with Crippen molar-refractivity contribution in [3.05, 3.63) is 52.1 Å². The lowest BCUT2D eigenvalue weighted by Gasteiger charge is -2.11. The highest BCUT2D eigenvalue weighted by molar-refractivity contribution is 14.1. The Labute approximate surface area is 121 Å². The molecule has 0 aliphatic rings. The standard InChI is InChI=1S/C14H15IO3/c1-10(2)14(16)18-9-8-17-11(3)12-6-4-5-7-13(12)15/h4-7H,1,3,8-9H2,2H3. The van der Waals surface area contributed by atoms with Crippen LogP contribution in [-0.2, 0) is 14.3 Å². The van der Waals surface area contributed by atoms with Crippen LogP contribution in [-0.4, -0.2) is 19.2 Å². The third-order valence-electron chi connectivity index (χ3n) is 2.12. The molecule has 0 saturated carbocycles. The Hall–Kier alpha value is -1.30. The van der Waals surface area contributed by atoms with Crippen LogP contribution in [0.1, 0.15) is 12.5 Å². The number of ether oxygens (including phenoxy) is 2. The minimum absolute atomic E-state index is 0.189. The van der Waals surface area contributed by atoms with E-state index in [2.05, 4.69) is 35.7 Å². The van der Waals surface area contributed by atoms with Crippen molar-refractivity contribution in [1.29, 1.82) is 0 Å². The number of esters is 1. The molecule has 1 aromatic carbocycles. The molecule has 0 aliphatic carbocycles. The Kier molecular flexibility index (Phi) is 5.91. The topological polar surface area (TPSA) is 35.5 Å². The SMILES string of the molecule is C=C(C)C(=O)OCCOC(=C)c1ccccc1I. The van der Waals surface area contributed by atoms with Gasteiger partial charge in [-0.3, -0.25) is 0 Å². The summed E-state index contributed by atoms with van der Waals surface area (Å²) in [5.41, 5.74) is 1.33. The van der Waals surface area contributed by atoms with Gasteiger partial charge in [0.1, 0.15) is 19.0 Å². The Bertz CT molecular complexity index is 466. The van der Waals surface area contributed by atoms with Gasteiger partial charge in [0, 0.05) is 14.7 Å². The zero-order chi connectivity index (χ0) is 13.5. The van der Waals surface area contributed by atoms with Gasteiger partial charge in [-0.25, -0.2) is 4.79 Å². The van der Waals surface area contributed by atoms with Crippen molar-refractivity contribution in [2.75, 3.05) is 13.2 Å². The molecule has 0 aliphatic heterocycles. The molecule has 1 aromatic rings. The summed E-state index contributed by atoms with van der Waals surface area (Å²) in [6, 6.07) is 7.79. The maximum absolute atomic E-state index is 11.1. The Balaban J connectivity index is 2.37. The predicted octanol–water partition coefficient (Wildman–Crippen LogP) is 3.40. The third-order valence-corrected chi connectivity index (χ3v) is 3.06. The first-order valence-electron chi connectivity index (χ1n) is 5.41. The molecule has 0 bridgehead atoms. The second kappa shape index (κ2) is 7.20. The number of hydrogen-bond acceptors (Lipinski definition) is 3. The smallest absolute Gasteiger partial charge is 0.333 e. The van der Waals surface area contributed by atoms with Gasteiger partial charge in [-0.1, -0.05) is 31.4 Å². The van der Waals surface area contributed by atoms with E-state index in [-0.39, 0.29) is 13.2 Å². The van der Waals surface area contributed by atoms with Crippen LogP contribution in [0.3, 0.4) is 0 Å². The molecule has 96 valence electrons. The van der Waals surface area contributed by atoms with E-state index in [4.69, 9.17) is 9.47 Å². The quantitative estimate of drug-likeness (QED) is 0.257. The highest BCUT2D eigenvalue weighted by Crippen LogP contribution is 2.20. The first kappa shape index (κ1) is 14.8. The van der Waals surface area contributed by atoms with E-state index in [1.807, 2.05) is 24.3 Å². The van der Waals surface area contributed by atoms with Crippen LogP contribution in [0.15, 0.2) is 43.0 Å². The third kappa shape index (κ3) is 4.52. The number of carbonyl (C=O) groups excluding carboxylic acids is 1. The number of carbonyl (C=O) groups is 1. The molecular formula is C14H15IO3. The minimum atomic E-state index is -0.404. The van der Waals surface area contributed by atoms with E-state index < -0.39 is 5.97 Å². The largest absolute Gasteiger partial charge is 0.490 e. The molecule has 3 nitrogen and oxygen atoms in total. The molecular weight excluding hydrogens is 343 g/mol. The van der Waals surface area contributed by atoms with Gasteiger partial charge in [0.25, 0.3) is 0 Å². The summed E-state index contributed by atoms with van der Waals surface area (Å²) in [5.74, 6) is 0.171. The molecule has 0 amide bonds. The first-order chi connectivity index (χ1) is 8.52. The van der Waals surface area contributed by atoms with E-state index in [1.54, 1.807) is 6.92 Å². The monoisotopic (exact) mass is 358 g/mol. The fourth-order valence-electron chi connectivity index (χ4n) is 1.19. The van der Waals surface area contributed by atoms with Gasteiger partial charge < -0.3 is 9.47 Å². The maximum Gasteiger partial charge on any atom is 0.333 e. The van der Waals surface area contributed by atoms with E-state index in [0.29, 0.717) is 11.3 Å². The molecule has 0 N–H and O–H groups in total. The lowest BCUT2D eigenvalue weighted by atomic mass is 10.2. The van der Waals surface area contributed by atoms with Gasteiger partial charge in [-0.05, 0) is 35.6 Å². The van der Waals surface area contributed by atoms with Gasteiger partial charge in [0.15, 0.2) is 0 Å². The van der Waals surface area contributed by atoms with Crippen molar-refractivity contribution in [2.45, 2.75) is 6.92 Å². The second-order valence-corrected chi connectivity index (χ2v) is 4.83. The lowest BCUT2D eigenvalue weighted by Crippen LogP contribution is -2.10. The van der Waals surface area contributed by atoms with Crippen LogP contribution in [0.4, 0.5) is 0 Å². The van der Waals surface area contributed by atoms with Crippen LogP contribution in [0.2, 0.25) is 0 Å². The molecule has 0 saturated heterocycles. The van der Waals surface area contributed by atoms with Crippen LogP contribution < -0.4 is 0 Å². The fourth-order valence-corrected chi connectivity index (χ4v) is 1.88. The normalized spacial score (nSPS) is 9.67. The van der Waals surface area contributed by atoms with E-state index in [9.17, 15) is 4.79 Å². The summed E-state index contributed by atoms with van der Waals surface area (Å²) < 4.78 is 11.4. The highest BCUT2D eigenvalue weighted by atomic mass is 127. The summed E-state index contributed by atoms with van der Waals surface area (Å²) in [6.07, 6.45) is 0. The van der Waals surface area contributed by atoms with E-state index in [1.165, 1.54) is 0 Å². The average Bonchev–Trinajstić information content (AvgIpc) is 2.34. The summed E-state index contributed by atoms with van der Waals surface area (Å²) in [7, 11) is 0. The molecule has 0 fully saturated rings. The van der Waals surface area contributed by atoms with Gasteiger partial charge in [0.05, 0.1) is 0 Å². The molecule has 0 heterocycles. The molecule has 1 rings (SSSR count). The molecule has 0 atom stereocenters. The van der Waals surface area contributed by atoms with Crippen LogP contribution >= 0.6 is 22.6 Å². The van der Waals surface area contributed by atoms with Crippen molar-refractivity contribution in [2.24, 2.45) is 0 Å². The second-order valence-electron chi connectivity index (χ2n) is 3.67. The van der Waals surface area contributed by atoms with Gasteiger partial charge in [-0.2, -0.15) is 0 Å². The Morgan fingerprint density at radius 3 is 2.44 bits per heavy atom. The van der Waals surface area contributed by atoms with Crippen molar-refractivity contribution >= 4 is 34.3 Å². The van der Waals surface area contributed by atoms with Crippen molar-refractivity contribution in [1.82, 2.24) is 0 Å². The molecule has 0 aromatic heterocycles. The minimum Gasteiger partial charge on any atom is -0.490 e. The lowest BCUT2D eigenvalue weighted by molar-refractivity contribution is -0.139. The highest BCUT2D eigenvalue weighted by Gasteiger charge is 2.05. The molecule has 4 heteroatoms. The van der Waals surface area contributed by atoms with Crippen molar-refractivity contribution in [3.63, 3.8) is 0 Å². The average molecular weight is 358 g/mol. The first-order valence-corrected chi connectivity index (χ1v) is 6.49. The molecule has 0 unspecified atom stereocenters. The number of benzene rings is 1.